The highest BCUT2D eigenvalue weighted by Crippen LogP contribution is 2.13. The summed E-state index contributed by atoms with van der Waals surface area (Å²) >= 11 is 1.67. The number of nitrogens with two attached hydrogens (primary N) is 1. The van der Waals surface area contributed by atoms with E-state index >= 15 is 0 Å². The third kappa shape index (κ3) is 3.66. The molecule has 0 aliphatic heterocycles. The molecular weight excluding hydrogens is 339 g/mol. The van der Waals surface area contributed by atoms with Crippen LogP contribution in [-0.4, -0.2) is 42.1 Å². The van der Waals surface area contributed by atoms with Gasteiger partial charge in [0, 0.05) is 18.3 Å². The monoisotopic (exact) mass is 352 g/mol. The number of nitrogens with zero attached hydrogens (tertiary/aromatic N) is 2. The summed E-state index contributed by atoms with van der Waals surface area (Å²) in [6, 6.07) is -1.69. The average Bonchev–Trinajstić information content (AvgIpc) is 2.76. The molecule has 0 saturated carbocycles. The van der Waals surface area contributed by atoms with Gasteiger partial charge in [-0.3, -0.25) is 7.91 Å². The Morgan fingerprint density at radius 2 is 2.35 bits per heavy atom. The van der Waals surface area contributed by atoms with Crippen LogP contribution in [0, 0.1) is 0 Å². The van der Waals surface area contributed by atoms with Gasteiger partial charge in [-0.2, -0.15) is 0 Å². The number of hydrogen-bond donors (Lipinski definition) is 3. The largest absolute Gasteiger partial charge is 0.480 e. The second-order valence-electron chi connectivity index (χ2n) is 3.57. The van der Waals surface area contributed by atoms with E-state index in [1.54, 1.807) is 22.9 Å². The number of rotatable bonds is 5. The van der Waals surface area contributed by atoms with Crippen molar-refractivity contribution >= 4 is 34.7 Å². The first-order valence-corrected chi connectivity index (χ1v) is 5.84. The number of aliphatic carboxylic acids is 1. The number of imidazole rings is 1. The molecular formula is C9H13IN4O3. The molecule has 0 bridgehead atoms. The van der Waals surface area contributed by atoms with Crippen LogP contribution in [0.15, 0.2) is 12.5 Å². The molecule has 8 heteroatoms. The van der Waals surface area contributed by atoms with Crippen molar-refractivity contribution in [1.82, 2.24) is 13.1 Å². The maximum Gasteiger partial charge on any atom is 0.327 e. The molecule has 0 spiro atoms. The molecule has 1 rings (SSSR count). The Morgan fingerprint density at radius 1 is 1.71 bits per heavy atom. The molecule has 94 valence electrons. The van der Waals surface area contributed by atoms with Crippen molar-refractivity contribution in [3.63, 3.8) is 0 Å². The number of H-pyrrole nitrogens is 1. The third-order valence-electron chi connectivity index (χ3n) is 2.13. The Labute approximate surface area is 112 Å². The molecule has 1 aromatic rings. The molecule has 7 nitrogen and oxygen atoms in total. The van der Waals surface area contributed by atoms with E-state index in [1.807, 2.05) is 0 Å². The highest BCUT2D eigenvalue weighted by atomic mass is 127. The molecule has 2 atom stereocenters. The van der Waals surface area contributed by atoms with Gasteiger partial charge in [0.25, 0.3) is 0 Å². The fourth-order valence-corrected chi connectivity index (χ4v) is 2.09. The Hall–Kier alpha value is -1.16. The first-order chi connectivity index (χ1) is 7.93. The summed E-state index contributed by atoms with van der Waals surface area (Å²) in [4.78, 5) is 29.3. The van der Waals surface area contributed by atoms with Crippen LogP contribution in [-0.2, 0) is 16.0 Å². The van der Waals surface area contributed by atoms with E-state index in [0.717, 1.165) is 3.11 Å². The van der Waals surface area contributed by atoms with Gasteiger partial charge in [-0.15, -0.1) is 0 Å². The fraction of sp³-hybridized carbons (Fsp3) is 0.444. The number of hydrogen-bond acceptors (Lipinski definition) is 4. The number of carbonyl (C=O) groups excluding carboxylic acids is 1. The minimum absolute atomic E-state index is 0.163. The summed E-state index contributed by atoms with van der Waals surface area (Å²) in [6.07, 6.45) is 3.15. The maximum atomic E-state index is 11.6. The maximum absolute atomic E-state index is 11.6. The van der Waals surface area contributed by atoms with Gasteiger partial charge in [0.15, 0.2) is 0 Å². The lowest BCUT2D eigenvalue weighted by Gasteiger charge is -2.23. The topological polar surface area (TPSA) is 112 Å². The quantitative estimate of drug-likeness (QED) is 0.507. The number of halogens is 1. The van der Waals surface area contributed by atoms with E-state index in [0.29, 0.717) is 5.69 Å². The van der Waals surface area contributed by atoms with Crippen LogP contribution in [0.3, 0.4) is 0 Å². The van der Waals surface area contributed by atoms with Crippen molar-refractivity contribution in [2.75, 3.05) is 0 Å². The molecule has 0 radical (unpaired) electrons. The summed E-state index contributed by atoms with van der Waals surface area (Å²) < 4.78 is 1.12. The number of carboxylic acid groups (broad SMARTS) is 1. The van der Waals surface area contributed by atoms with Crippen LogP contribution in [0.25, 0.3) is 0 Å². The predicted octanol–water partition coefficient (Wildman–Crippen LogP) is -0.0688. The predicted molar refractivity (Wildman–Crippen MR) is 68.2 cm³/mol. The number of nitrogens with one attached hydrogen (secondary N) is 1. The van der Waals surface area contributed by atoms with Gasteiger partial charge in [0.2, 0.25) is 5.91 Å². The molecule has 0 aliphatic rings. The van der Waals surface area contributed by atoms with Crippen LogP contribution < -0.4 is 5.73 Å². The van der Waals surface area contributed by atoms with E-state index in [4.69, 9.17) is 10.8 Å². The molecule has 0 saturated heterocycles. The van der Waals surface area contributed by atoms with Crippen molar-refractivity contribution in [3.05, 3.63) is 18.2 Å². The van der Waals surface area contributed by atoms with Crippen molar-refractivity contribution in [3.8, 4) is 0 Å². The summed E-state index contributed by atoms with van der Waals surface area (Å²) in [6.45, 7) is 1.52. The van der Waals surface area contributed by atoms with Crippen LogP contribution in [0.4, 0.5) is 0 Å². The lowest BCUT2D eigenvalue weighted by Crippen LogP contribution is -2.46. The second-order valence-corrected chi connectivity index (χ2v) is 4.61. The van der Waals surface area contributed by atoms with Gasteiger partial charge >= 0.3 is 5.97 Å². The van der Waals surface area contributed by atoms with Crippen LogP contribution in [0.2, 0.25) is 0 Å². The zero-order valence-corrected chi connectivity index (χ0v) is 11.3. The Kier molecular flexibility index (Phi) is 4.87. The van der Waals surface area contributed by atoms with E-state index in [2.05, 4.69) is 9.97 Å². The zero-order chi connectivity index (χ0) is 13.0. The molecule has 0 aliphatic carbocycles. The van der Waals surface area contributed by atoms with Crippen LogP contribution in [0.1, 0.15) is 12.6 Å². The first-order valence-electron chi connectivity index (χ1n) is 4.88. The zero-order valence-electron chi connectivity index (χ0n) is 9.13. The summed E-state index contributed by atoms with van der Waals surface area (Å²) in [7, 11) is 0. The molecule has 1 heterocycles. The Balaban J connectivity index is 2.79. The van der Waals surface area contributed by atoms with E-state index < -0.39 is 24.0 Å². The highest BCUT2D eigenvalue weighted by molar-refractivity contribution is 14.1. The summed E-state index contributed by atoms with van der Waals surface area (Å²) in [5, 5.41) is 9.10. The highest BCUT2D eigenvalue weighted by Gasteiger charge is 2.30. The minimum Gasteiger partial charge on any atom is -0.480 e. The second kappa shape index (κ2) is 5.96. The van der Waals surface area contributed by atoms with E-state index in [9.17, 15) is 9.59 Å². The minimum atomic E-state index is -1.08. The lowest BCUT2D eigenvalue weighted by atomic mass is 10.1. The smallest absolute Gasteiger partial charge is 0.327 e. The molecule has 4 N–H and O–H groups in total. The number of amides is 1. The van der Waals surface area contributed by atoms with Gasteiger partial charge in [0.05, 0.1) is 35.2 Å². The number of aromatic nitrogens is 2. The van der Waals surface area contributed by atoms with Gasteiger partial charge in [-0.25, -0.2) is 9.78 Å². The third-order valence-corrected chi connectivity index (χ3v) is 3.27. The summed E-state index contributed by atoms with van der Waals surface area (Å²) in [5.41, 5.74) is 6.09. The SMILES string of the molecule is CC(N)C(=O)N(I)C(Cc1cnc[nH]1)C(=O)O. The van der Waals surface area contributed by atoms with Gasteiger partial charge in [-0.05, 0) is 6.92 Å². The van der Waals surface area contributed by atoms with Crippen LogP contribution >= 0.6 is 22.9 Å². The Morgan fingerprint density at radius 3 is 2.76 bits per heavy atom. The number of aromatic amines is 1. The lowest BCUT2D eigenvalue weighted by molar-refractivity contribution is -0.145. The van der Waals surface area contributed by atoms with E-state index in [1.165, 1.54) is 19.4 Å². The van der Waals surface area contributed by atoms with Crippen molar-refractivity contribution in [2.24, 2.45) is 5.73 Å². The van der Waals surface area contributed by atoms with Crippen molar-refractivity contribution in [2.45, 2.75) is 25.4 Å². The molecule has 1 aromatic heterocycles. The normalized spacial score (nSPS) is 14.1. The molecule has 0 aromatic carbocycles. The van der Waals surface area contributed by atoms with Gasteiger partial charge < -0.3 is 15.8 Å². The molecule has 0 fully saturated rings. The fourth-order valence-electron chi connectivity index (χ4n) is 1.22. The van der Waals surface area contributed by atoms with Gasteiger partial charge in [0.1, 0.15) is 6.04 Å². The molecule has 1 amide bonds. The summed E-state index contributed by atoms with van der Waals surface area (Å²) in [5.74, 6) is -1.50. The van der Waals surface area contributed by atoms with Gasteiger partial charge in [-0.1, -0.05) is 0 Å². The molecule has 17 heavy (non-hydrogen) atoms. The first kappa shape index (κ1) is 13.9. The van der Waals surface area contributed by atoms with Crippen molar-refractivity contribution in [1.29, 1.82) is 0 Å². The Bertz CT molecular complexity index is 393. The molecule has 2 unspecified atom stereocenters. The average molecular weight is 352 g/mol. The standard InChI is InChI=1S/C9H13IN4O3/c1-5(11)8(15)14(10)7(9(16)17)2-6-3-12-4-13-6/h3-5,7H,2,11H2,1H3,(H,12,13)(H,16,17). The van der Waals surface area contributed by atoms with Crippen molar-refractivity contribution < 1.29 is 14.7 Å². The van der Waals surface area contributed by atoms with Crippen LogP contribution in [0.5, 0.6) is 0 Å². The number of carboxylic acids is 1. The van der Waals surface area contributed by atoms with E-state index in [-0.39, 0.29) is 6.42 Å². The number of carbonyl (C=O) groups is 2.